The zero-order valence-electron chi connectivity index (χ0n) is 19.3. The summed E-state index contributed by atoms with van der Waals surface area (Å²) in [7, 11) is 0. The SMILES string of the molecule is Cc1ccc(-n2nc(C)c(NC(=O)CNc3ccccc3C(=O)NCC(C)C)c2C)cc1. The summed E-state index contributed by atoms with van der Waals surface area (Å²) in [6.45, 7) is 10.5. The molecule has 0 aliphatic carbocycles. The quantitative estimate of drug-likeness (QED) is 0.496. The molecular formula is C25H31N5O2. The van der Waals surface area contributed by atoms with Gasteiger partial charge in [0, 0.05) is 12.2 Å². The lowest BCUT2D eigenvalue weighted by molar-refractivity contribution is -0.114. The maximum atomic E-state index is 12.7. The van der Waals surface area contributed by atoms with Gasteiger partial charge >= 0.3 is 0 Å². The predicted octanol–water partition coefficient (Wildman–Crippen LogP) is 4.23. The third-order valence-corrected chi connectivity index (χ3v) is 5.12. The highest BCUT2D eigenvalue weighted by Crippen LogP contribution is 2.23. The summed E-state index contributed by atoms with van der Waals surface area (Å²) in [6.07, 6.45) is 0. The van der Waals surface area contributed by atoms with E-state index in [0.29, 0.717) is 29.4 Å². The summed E-state index contributed by atoms with van der Waals surface area (Å²) in [5, 5.41) is 13.5. The van der Waals surface area contributed by atoms with Gasteiger partial charge in [-0.2, -0.15) is 5.10 Å². The van der Waals surface area contributed by atoms with Crippen LogP contribution in [0.2, 0.25) is 0 Å². The molecule has 3 N–H and O–H groups in total. The fraction of sp³-hybridized carbons (Fsp3) is 0.320. The van der Waals surface area contributed by atoms with E-state index in [-0.39, 0.29) is 18.4 Å². The molecule has 3 rings (SSSR count). The summed E-state index contributed by atoms with van der Waals surface area (Å²) in [6, 6.07) is 15.2. The fourth-order valence-corrected chi connectivity index (χ4v) is 3.35. The number of carbonyl (C=O) groups excluding carboxylic acids is 2. The van der Waals surface area contributed by atoms with Crippen LogP contribution in [0.1, 0.15) is 41.2 Å². The minimum absolute atomic E-state index is 0.0308. The Morgan fingerprint density at radius 3 is 2.38 bits per heavy atom. The molecular weight excluding hydrogens is 402 g/mol. The highest BCUT2D eigenvalue weighted by molar-refractivity contribution is 6.01. The van der Waals surface area contributed by atoms with Crippen molar-refractivity contribution in [2.45, 2.75) is 34.6 Å². The molecule has 0 saturated heterocycles. The summed E-state index contributed by atoms with van der Waals surface area (Å²) < 4.78 is 1.83. The van der Waals surface area contributed by atoms with Crippen LogP contribution in [0.4, 0.5) is 11.4 Å². The topological polar surface area (TPSA) is 88.1 Å². The van der Waals surface area contributed by atoms with Crippen LogP contribution in [0.5, 0.6) is 0 Å². The number of nitrogens with one attached hydrogen (secondary N) is 3. The van der Waals surface area contributed by atoms with Crippen LogP contribution >= 0.6 is 0 Å². The van der Waals surface area contributed by atoms with Gasteiger partial charge < -0.3 is 16.0 Å². The highest BCUT2D eigenvalue weighted by atomic mass is 16.2. The van der Waals surface area contributed by atoms with Gasteiger partial charge in [0.1, 0.15) is 0 Å². The molecule has 0 saturated carbocycles. The molecule has 2 aromatic carbocycles. The van der Waals surface area contributed by atoms with E-state index in [0.717, 1.165) is 17.1 Å². The largest absolute Gasteiger partial charge is 0.376 e. The summed E-state index contributed by atoms with van der Waals surface area (Å²) in [4.78, 5) is 25.2. The minimum atomic E-state index is -0.211. The predicted molar refractivity (Wildman–Crippen MR) is 129 cm³/mol. The van der Waals surface area contributed by atoms with E-state index in [1.165, 1.54) is 5.56 Å². The van der Waals surface area contributed by atoms with Gasteiger partial charge in [-0.25, -0.2) is 4.68 Å². The third kappa shape index (κ3) is 5.55. The number of aryl methyl sites for hydroxylation is 2. The Bertz CT molecular complexity index is 1100. The molecule has 0 unspecified atom stereocenters. The van der Waals surface area contributed by atoms with E-state index in [1.807, 2.05) is 75.7 Å². The van der Waals surface area contributed by atoms with Gasteiger partial charge in [-0.05, 0) is 51.0 Å². The molecule has 3 aromatic rings. The zero-order chi connectivity index (χ0) is 23.3. The smallest absolute Gasteiger partial charge is 0.253 e. The number of para-hydroxylation sites is 1. The van der Waals surface area contributed by atoms with E-state index < -0.39 is 0 Å². The molecule has 0 spiro atoms. The molecule has 2 amide bonds. The average molecular weight is 434 g/mol. The van der Waals surface area contributed by atoms with E-state index >= 15 is 0 Å². The van der Waals surface area contributed by atoms with Crippen LogP contribution in [0, 0.1) is 26.7 Å². The number of carbonyl (C=O) groups is 2. The number of hydrogen-bond acceptors (Lipinski definition) is 4. The molecule has 0 bridgehead atoms. The maximum absolute atomic E-state index is 12.7. The Morgan fingerprint density at radius 1 is 1.00 bits per heavy atom. The molecule has 32 heavy (non-hydrogen) atoms. The maximum Gasteiger partial charge on any atom is 0.253 e. The minimum Gasteiger partial charge on any atom is -0.376 e. The highest BCUT2D eigenvalue weighted by Gasteiger charge is 2.16. The number of anilines is 2. The Hall–Kier alpha value is -3.61. The van der Waals surface area contributed by atoms with Crippen LogP contribution in [0.25, 0.3) is 5.69 Å². The lowest BCUT2D eigenvalue weighted by Crippen LogP contribution is -2.29. The van der Waals surface area contributed by atoms with Gasteiger partial charge in [0.25, 0.3) is 5.91 Å². The first-order chi connectivity index (χ1) is 15.3. The first-order valence-electron chi connectivity index (χ1n) is 10.8. The van der Waals surface area contributed by atoms with Crippen molar-refractivity contribution in [1.82, 2.24) is 15.1 Å². The second-order valence-electron chi connectivity index (χ2n) is 8.34. The van der Waals surface area contributed by atoms with Crippen molar-refractivity contribution in [3.8, 4) is 5.69 Å². The van der Waals surface area contributed by atoms with Gasteiger partial charge in [0.05, 0.1) is 34.9 Å². The summed E-state index contributed by atoms with van der Waals surface area (Å²) in [5.74, 6) is -0.0116. The normalized spacial score (nSPS) is 10.8. The molecule has 1 aromatic heterocycles. The number of nitrogens with zero attached hydrogens (tertiary/aromatic N) is 2. The molecule has 0 fully saturated rings. The summed E-state index contributed by atoms with van der Waals surface area (Å²) in [5.41, 5.74) is 5.54. The van der Waals surface area contributed by atoms with Crippen molar-refractivity contribution < 1.29 is 9.59 Å². The molecule has 7 nitrogen and oxygen atoms in total. The second-order valence-corrected chi connectivity index (χ2v) is 8.34. The van der Waals surface area contributed by atoms with E-state index in [4.69, 9.17) is 0 Å². The number of rotatable bonds is 8. The van der Waals surface area contributed by atoms with E-state index in [1.54, 1.807) is 12.1 Å². The molecule has 0 atom stereocenters. The van der Waals surface area contributed by atoms with Crippen molar-refractivity contribution in [3.05, 3.63) is 71.0 Å². The molecule has 1 heterocycles. The molecule has 168 valence electrons. The van der Waals surface area contributed by atoms with Crippen molar-refractivity contribution in [2.75, 3.05) is 23.7 Å². The van der Waals surface area contributed by atoms with Crippen LogP contribution in [-0.4, -0.2) is 34.7 Å². The van der Waals surface area contributed by atoms with Gasteiger partial charge in [-0.3, -0.25) is 9.59 Å². The standard InChI is InChI=1S/C25H31N5O2/c1-16(2)14-27-25(32)21-8-6-7-9-22(21)26-15-23(31)28-24-18(4)29-30(19(24)5)20-12-10-17(3)11-13-20/h6-13,16,26H,14-15H2,1-5H3,(H,27,32)(H,28,31). The van der Waals surface area contributed by atoms with Crippen molar-refractivity contribution in [2.24, 2.45) is 5.92 Å². The van der Waals surface area contributed by atoms with Crippen molar-refractivity contribution in [1.29, 1.82) is 0 Å². The van der Waals surface area contributed by atoms with Gasteiger partial charge in [0.2, 0.25) is 5.91 Å². The Labute approximate surface area is 189 Å². The third-order valence-electron chi connectivity index (χ3n) is 5.12. The van der Waals surface area contributed by atoms with Gasteiger partial charge in [0.15, 0.2) is 0 Å². The van der Waals surface area contributed by atoms with Crippen LogP contribution < -0.4 is 16.0 Å². The van der Waals surface area contributed by atoms with Crippen molar-refractivity contribution >= 4 is 23.2 Å². The molecule has 0 aliphatic rings. The van der Waals surface area contributed by atoms with E-state index in [9.17, 15) is 9.59 Å². The zero-order valence-corrected chi connectivity index (χ0v) is 19.3. The fourth-order valence-electron chi connectivity index (χ4n) is 3.35. The number of hydrogen-bond donors (Lipinski definition) is 3. The Kier molecular flexibility index (Phi) is 7.30. The Morgan fingerprint density at radius 2 is 1.69 bits per heavy atom. The molecule has 7 heteroatoms. The van der Waals surface area contributed by atoms with Crippen LogP contribution in [0.3, 0.4) is 0 Å². The van der Waals surface area contributed by atoms with Crippen molar-refractivity contribution in [3.63, 3.8) is 0 Å². The monoisotopic (exact) mass is 433 g/mol. The lowest BCUT2D eigenvalue weighted by atomic mass is 10.1. The van der Waals surface area contributed by atoms with Crippen LogP contribution in [0.15, 0.2) is 48.5 Å². The lowest BCUT2D eigenvalue weighted by Gasteiger charge is -2.13. The number of aromatic nitrogens is 2. The van der Waals surface area contributed by atoms with E-state index in [2.05, 4.69) is 21.0 Å². The van der Waals surface area contributed by atoms with Gasteiger partial charge in [-0.1, -0.05) is 43.7 Å². The van der Waals surface area contributed by atoms with Crippen LogP contribution in [-0.2, 0) is 4.79 Å². The number of benzene rings is 2. The van der Waals surface area contributed by atoms with Gasteiger partial charge in [-0.15, -0.1) is 0 Å². The Balaban J connectivity index is 1.68. The second kappa shape index (κ2) is 10.1. The first-order valence-corrected chi connectivity index (χ1v) is 10.8. The summed E-state index contributed by atoms with van der Waals surface area (Å²) >= 11 is 0. The molecule has 0 aliphatic heterocycles. The average Bonchev–Trinajstić information content (AvgIpc) is 3.05. The first kappa shape index (κ1) is 23.1. The molecule has 0 radical (unpaired) electrons. The number of amides is 2.